The number of aliphatic hydroxyl groups excluding tert-OH is 1. The zero-order chi connectivity index (χ0) is 23.2. The lowest BCUT2D eigenvalue weighted by Gasteiger charge is -2.40. The van der Waals surface area contributed by atoms with Gasteiger partial charge in [0, 0.05) is 25.7 Å². The fraction of sp³-hybridized carbons (Fsp3) is 0.720. The second kappa shape index (κ2) is 8.55. The maximum atomic E-state index is 14.1. The highest BCUT2D eigenvalue weighted by molar-refractivity contribution is 5.99. The second-order valence-corrected chi connectivity index (χ2v) is 9.95. The Hall–Kier alpha value is -2.19. The van der Waals surface area contributed by atoms with Gasteiger partial charge in [0.05, 0.1) is 5.92 Å². The first-order valence-corrected chi connectivity index (χ1v) is 12.4. The number of hydrogen-bond donors (Lipinski definition) is 1. The Bertz CT molecular complexity index is 880. The van der Waals surface area contributed by atoms with Crippen LogP contribution in [0.25, 0.3) is 0 Å². The van der Waals surface area contributed by atoms with Crippen LogP contribution in [0, 0.1) is 11.8 Å². The number of carbonyl (C=O) groups is 3. The van der Waals surface area contributed by atoms with Gasteiger partial charge < -0.3 is 24.4 Å². The minimum atomic E-state index is -1.23. The second-order valence-electron chi connectivity index (χ2n) is 9.95. The maximum Gasteiger partial charge on any atom is 0.313 e. The van der Waals surface area contributed by atoms with Crippen molar-refractivity contribution in [3.8, 4) is 0 Å². The minimum Gasteiger partial charge on any atom is -0.461 e. The molecule has 33 heavy (non-hydrogen) atoms. The summed E-state index contributed by atoms with van der Waals surface area (Å²) < 4.78 is 12.2. The van der Waals surface area contributed by atoms with Crippen molar-refractivity contribution in [3.05, 3.63) is 24.3 Å². The van der Waals surface area contributed by atoms with Crippen molar-refractivity contribution in [2.45, 2.75) is 75.2 Å². The van der Waals surface area contributed by atoms with Crippen LogP contribution in [0.4, 0.5) is 0 Å². The Kier molecular flexibility index (Phi) is 5.85. The molecule has 2 amide bonds. The molecule has 1 N–H and O–H groups in total. The smallest absolute Gasteiger partial charge is 0.313 e. The van der Waals surface area contributed by atoms with Crippen molar-refractivity contribution >= 4 is 17.8 Å². The average molecular weight is 459 g/mol. The lowest BCUT2D eigenvalue weighted by molar-refractivity contribution is -0.160. The first-order valence-electron chi connectivity index (χ1n) is 12.4. The first-order chi connectivity index (χ1) is 16.0. The molecule has 4 heterocycles. The quantitative estimate of drug-likeness (QED) is 0.496. The number of rotatable bonds is 5. The van der Waals surface area contributed by atoms with Gasteiger partial charge in [0.15, 0.2) is 0 Å². The van der Waals surface area contributed by atoms with Crippen LogP contribution in [0.1, 0.15) is 51.9 Å². The van der Waals surface area contributed by atoms with Crippen molar-refractivity contribution in [3.63, 3.8) is 0 Å². The van der Waals surface area contributed by atoms with Gasteiger partial charge in [-0.3, -0.25) is 14.4 Å². The summed E-state index contributed by atoms with van der Waals surface area (Å²) >= 11 is 0. The Morgan fingerprint density at radius 2 is 1.85 bits per heavy atom. The highest BCUT2D eigenvalue weighted by atomic mass is 16.6. The predicted molar refractivity (Wildman–Crippen MR) is 119 cm³/mol. The van der Waals surface area contributed by atoms with Crippen molar-refractivity contribution in [1.82, 2.24) is 9.80 Å². The van der Waals surface area contributed by atoms with E-state index in [9.17, 15) is 19.5 Å². The molecule has 0 aromatic carbocycles. The van der Waals surface area contributed by atoms with Crippen LogP contribution in [0.3, 0.4) is 0 Å². The summed E-state index contributed by atoms with van der Waals surface area (Å²) in [4.78, 5) is 44.7. The van der Waals surface area contributed by atoms with Crippen LogP contribution in [-0.4, -0.2) is 82.3 Å². The molecule has 180 valence electrons. The zero-order valence-corrected chi connectivity index (χ0v) is 19.3. The van der Waals surface area contributed by atoms with Crippen molar-refractivity contribution in [2.24, 2.45) is 11.8 Å². The van der Waals surface area contributed by atoms with Crippen LogP contribution in [0.2, 0.25) is 0 Å². The minimum absolute atomic E-state index is 0.0848. The van der Waals surface area contributed by atoms with E-state index in [2.05, 4.69) is 0 Å². The van der Waals surface area contributed by atoms with Crippen molar-refractivity contribution < 1.29 is 29.0 Å². The van der Waals surface area contributed by atoms with Gasteiger partial charge in [-0.2, -0.15) is 0 Å². The fourth-order valence-electron chi connectivity index (χ4n) is 6.82. The Morgan fingerprint density at radius 1 is 1.06 bits per heavy atom. The number of carbonyl (C=O) groups excluding carboxylic acids is 3. The molecular formula is C25H34N2O6. The number of cyclic esters (lactones) is 1. The third-order valence-corrected chi connectivity index (χ3v) is 8.30. The molecule has 8 heteroatoms. The fourth-order valence-corrected chi connectivity index (χ4v) is 6.82. The molecule has 4 aliphatic heterocycles. The van der Waals surface area contributed by atoms with Gasteiger partial charge in [-0.1, -0.05) is 44.4 Å². The number of hydrogen-bond acceptors (Lipinski definition) is 6. The molecule has 1 spiro atoms. The van der Waals surface area contributed by atoms with E-state index in [1.54, 1.807) is 11.0 Å². The standard InChI is InChI=1S/C25H34N2O6/c1-2-24-11-7-16-32-23(31)19(24)18-21(29)27(14-8-15-28)20-22(30)26(17-9-4-3-5-10-17)13-6-12-25(18,20)33-24/h6-7,11-12,17-20,28H,2-5,8-10,13-16H2,1H3/t18-,19+,20?,24-,25-/m0/s1. The van der Waals surface area contributed by atoms with E-state index in [0.29, 0.717) is 19.4 Å². The normalized spacial score (nSPS) is 38.6. The maximum absolute atomic E-state index is 14.1. The van der Waals surface area contributed by atoms with E-state index in [-0.39, 0.29) is 37.6 Å². The van der Waals surface area contributed by atoms with Crippen LogP contribution in [-0.2, 0) is 23.9 Å². The average Bonchev–Trinajstić information content (AvgIpc) is 3.10. The Labute approximate surface area is 194 Å². The predicted octanol–water partition coefficient (Wildman–Crippen LogP) is 1.57. The first kappa shape index (κ1) is 22.6. The highest BCUT2D eigenvalue weighted by Gasteiger charge is 2.75. The van der Waals surface area contributed by atoms with Crippen molar-refractivity contribution in [1.29, 1.82) is 0 Å². The molecule has 8 nitrogen and oxygen atoms in total. The summed E-state index contributed by atoms with van der Waals surface area (Å²) in [6.07, 6.45) is 13.6. The number of aliphatic hydroxyl groups is 1. The topological polar surface area (TPSA) is 96.4 Å². The number of esters is 1. The summed E-state index contributed by atoms with van der Waals surface area (Å²) in [6.45, 7) is 2.72. The molecule has 2 saturated heterocycles. The van der Waals surface area contributed by atoms with Gasteiger partial charge in [0.1, 0.15) is 29.8 Å². The van der Waals surface area contributed by atoms with E-state index in [1.165, 1.54) is 6.42 Å². The summed E-state index contributed by atoms with van der Waals surface area (Å²) in [5.74, 6) is -2.46. The van der Waals surface area contributed by atoms with Gasteiger partial charge in [-0.25, -0.2) is 0 Å². The summed E-state index contributed by atoms with van der Waals surface area (Å²) in [6, 6.07) is -0.699. The van der Waals surface area contributed by atoms with Gasteiger partial charge >= 0.3 is 5.97 Å². The number of fused-ring (bicyclic) bond motifs is 2. The van der Waals surface area contributed by atoms with Gasteiger partial charge in [-0.05, 0) is 31.8 Å². The molecule has 0 bridgehead atoms. The number of ether oxygens (including phenoxy) is 2. The molecular weight excluding hydrogens is 424 g/mol. The molecule has 5 rings (SSSR count). The number of likely N-dealkylation sites (tertiary alicyclic amines) is 1. The monoisotopic (exact) mass is 458 g/mol. The van der Waals surface area contributed by atoms with Crippen molar-refractivity contribution in [2.75, 3.05) is 26.3 Å². The third kappa shape index (κ3) is 3.28. The van der Waals surface area contributed by atoms with Crippen LogP contribution in [0.15, 0.2) is 24.3 Å². The molecule has 5 aliphatic rings. The van der Waals surface area contributed by atoms with E-state index in [4.69, 9.17) is 9.47 Å². The van der Waals surface area contributed by atoms with E-state index >= 15 is 0 Å². The summed E-state index contributed by atoms with van der Waals surface area (Å²) in [7, 11) is 0. The molecule has 1 saturated carbocycles. The van der Waals surface area contributed by atoms with Gasteiger partial charge in [0.2, 0.25) is 11.8 Å². The largest absolute Gasteiger partial charge is 0.461 e. The highest BCUT2D eigenvalue weighted by Crippen LogP contribution is 2.58. The summed E-state index contributed by atoms with van der Waals surface area (Å²) in [5, 5.41) is 9.47. The number of nitrogens with zero attached hydrogens (tertiary/aromatic N) is 2. The molecule has 1 unspecified atom stereocenters. The number of amides is 2. The third-order valence-electron chi connectivity index (χ3n) is 8.30. The van der Waals surface area contributed by atoms with E-state index in [0.717, 1.165) is 25.7 Å². The molecule has 0 aromatic rings. The molecule has 1 aliphatic carbocycles. The van der Waals surface area contributed by atoms with Gasteiger partial charge in [0.25, 0.3) is 0 Å². The van der Waals surface area contributed by atoms with Crippen LogP contribution in [0.5, 0.6) is 0 Å². The Balaban J connectivity index is 1.61. The molecule has 0 radical (unpaired) electrons. The lowest BCUT2D eigenvalue weighted by atomic mass is 9.73. The lowest BCUT2D eigenvalue weighted by Crippen LogP contribution is -2.58. The van der Waals surface area contributed by atoms with Gasteiger partial charge in [-0.15, -0.1) is 0 Å². The molecule has 5 atom stereocenters. The van der Waals surface area contributed by atoms with E-state index in [1.807, 2.05) is 30.1 Å². The van der Waals surface area contributed by atoms with E-state index < -0.39 is 35.0 Å². The summed E-state index contributed by atoms with van der Waals surface area (Å²) in [5.41, 5.74) is -2.21. The molecule has 3 fully saturated rings. The van der Waals surface area contributed by atoms with Crippen LogP contribution >= 0.6 is 0 Å². The SMILES string of the molecule is CC[C@]12C=CCOC(=O)[C@H]1[C@H]1C(=O)N(CCCO)C3C(=O)N(C4CCCCC4)CC=C[C@@]31O2. The molecule has 0 aromatic heterocycles. The van der Waals surface area contributed by atoms with Crippen LogP contribution < -0.4 is 0 Å². The zero-order valence-electron chi connectivity index (χ0n) is 19.3. The Morgan fingerprint density at radius 3 is 2.58 bits per heavy atom.